The molecular formula is C22H20ClN3O2S. The molecule has 5 nitrogen and oxygen atoms in total. The quantitative estimate of drug-likeness (QED) is 0.538. The maximum atomic E-state index is 12.6. The van der Waals surface area contributed by atoms with Crippen LogP contribution in [0.1, 0.15) is 21.5 Å². The van der Waals surface area contributed by atoms with Gasteiger partial charge in [-0.1, -0.05) is 65.3 Å². The predicted octanol–water partition coefficient (Wildman–Crippen LogP) is 4.70. The lowest BCUT2D eigenvalue weighted by Gasteiger charge is -2.11. The van der Waals surface area contributed by atoms with Crippen LogP contribution in [0.15, 0.2) is 71.9 Å². The lowest BCUT2D eigenvalue weighted by atomic mass is 10.1. The molecule has 2 amide bonds. The Kier molecular flexibility index (Phi) is 7.27. The van der Waals surface area contributed by atoms with Gasteiger partial charge in [0, 0.05) is 12.7 Å². The summed E-state index contributed by atoms with van der Waals surface area (Å²) in [6, 6.07) is 18.4. The van der Waals surface area contributed by atoms with E-state index in [4.69, 9.17) is 11.6 Å². The zero-order valence-corrected chi connectivity index (χ0v) is 17.4. The lowest BCUT2D eigenvalue weighted by molar-refractivity contribution is -0.113. The van der Waals surface area contributed by atoms with Crippen molar-refractivity contribution in [3.05, 3.63) is 88.6 Å². The van der Waals surface area contributed by atoms with Crippen molar-refractivity contribution in [2.24, 2.45) is 0 Å². The number of carbonyl (C=O) groups is 2. The Bertz CT molecular complexity index is 992. The number of amides is 2. The van der Waals surface area contributed by atoms with Crippen LogP contribution < -0.4 is 10.6 Å². The average Bonchev–Trinajstić information content (AvgIpc) is 2.73. The van der Waals surface area contributed by atoms with Crippen LogP contribution in [0, 0.1) is 6.92 Å². The Labute approximate surface area is 178 Å². The monoisotopic (exact) mass is 425 g/mol. The van der Waals surface area contributed by atoms with Crippen molar-refractivity contribution in [1.29, 1.82) is 0 Å². The van der Waals surface area contributed by atoms with Gasteiger partial charge in [-0.25, -0.2) is 4.98 Å². The number of pyridine rings is 1. The normalized spacial score (nSPS) is 10.4. The van der Waals surface area contributed by atoms with Crippen LogP contribution in [0.5, 0.6) is 0 Å². The van der Waals surface area contributed by atoms with Gasteiger partial charge in [0.25, 0.3) is 5.91 Å². The third kappa shape index (κ3) is 6.34. The topological polar surface area (TPSA) is 71.1 Å². The molecule has 0 saturated heterocycles. The number of carbonyl (C=O) groups excluding carboxylic acids is 2. The van der Waals surface area contributed by atoms with Crippen LogP contribution in [0.4, 0.5) is 5.69 Å². The van der Waals surface area contributed by atoms with Crippen molar-refractivity contribution in [2.45, 2.75) is 18.5 Å². The van der Waals surface area contributed by atoms with E-state index >= 15 is 0 Å². The summed E-state index contributed by atoms with van der Waals surface area (Å²) in [5.74, 6) is -0.285. The molecule has 0 atom stereocenters. The number of benzene rings is 2. The largest absolute Gasteiger partial charge is 0.348 e. The van der Waals surface area contributed by atoms with Gasteiger partial charge in [-0.05, 0) is 36.8 Å². The van der Waals surface area contributed by atoms with Gasteiger partial charge in [0.2, 0.25) is 5.91 Å². The van der Waals surface area contributed by atoms with E-state index < -0.39 is 0 Å². The maximum Gasteiger partial charge on any atom is 0.253 e. The molecule has 2 aromatic carbocycles. The lowest BCUT2D eigenvalue weighted by Crippen LogP contribution is -2.25. The molecule has 1 aromatic heterocycles. The molecule has 0 unspecified atom stereocenters. The Balaban J connectivity index is 1.58. The Hall–Kier alpha value is -2.83. The molecule has 7 heteroatoms. The van der Waals surface area contributed by atoms with Crippen LogP contribution >= 0.6 is 23.4 Å². The highest BCUT2D eigenvalue weighted by Gasteiger charge is 2.13. The number of nitrogens with one attached hydrogen (secondary N) is 2. The summed E-state index contributed by atoms with van der Waals surface area (Å²) >= 11 is 7.11. The summed E-state index contributed by atoms with van der Waals surface area (Å²) in [5, 5.41) is 6.95. The van der Waals surface area contributed by atoms with Crippen LogP contribution in [0.25, 0.3) is 0 Å². The molecule has 0 radical (unpaired) electrons. The zero-order valence-electron chi connectivity index (χ0n) is 15.8. The van der Waals surface area contributed by atoms with Crippen molar-refractivity contribution < 1.29 is 9.59 Å². The standard InChI is InChI=1S/C22H20ClN3O2S/c1-15-6-8-16(9-7-15)12-25-22(28)18-4-2-3-5-19(18)26-20(27)14-29-21-11-10-17(23)13-24-21/h2-11,13H,12,14H2,1H3,(H,25,28)(H,26,27). The second-order valence-electron chi connectivity index (χ2n) is 6.37. The van der Waals surface area contributed by atoms with Gasteiger partial charge in [-0.2, -0.15) is 0 Å². The van der Waals surface area contributed by atoms with E-state index in [9.17, 15) is 9.59 Å². The van der Waals surface area contributed by atoms with E-state index in [0.29, 0.717) is 27.8 Å². The molecule has 0 spiro atoms. The van der Waals surface area contributed by atoms with Gasteiger partial charge in [0.05, 0.1) is 27.1 Å². The number of para-hydroxylation sites is 1. The second-order valence-corrected chi connectivity index (χ2v) is 7.80. The molecule has 1 heterocycles. The highest BCUT2D eigenvalue weighted by Crippen LogP contribution is 2.19. The number of aryl methyl sites for hydroxylation is 1. The molecule has 2 N–H and O–H groups in total. The number of hydrogen-bond acceptors (Lipinski definition) is 4. The third-order valence-electron chi connectivity index (χ3n) is 4.07. The number of nitrogens with zero attached hydrogens (tertiary/aromatic N) is 1. The first-order chi connectivity index (χ1) is 14.0. The summed E-state index contributed by atoms with van der Waals surface area (Å²) in [6.07, 6.45) is 1.54. The van der Waals surface area contributed by atoms with Gasteiger partial charge < -0.3 is 10.6 Å². The minimum Gasteiger partial charge on any atom is -0.348 e. The smallest absolute Gasteiger partial charge is 0.253 e. The van der Waals surface area contributed by atoms with E-state index in [-0.39, 0.29) is 17.6 Å². The highest BCUT2D eigenvalue weighted by atomic mass is 35.5. The summed E-state index contributed by atoms with van der Waals surface area (Å²) in [5.41, 5.74) is 3.07. The molecule has 0 aliphatic carbocycles. The fourth-order valence-corrected chi connectivity index (χ4v) is 3.30. The summed E-state index contributed by atoms with van der Waals surface area (Å²) in [6.45, 7) is 2.43. The minimum atomic E-state index is -0.242. The van der Waals surface area contributed by atoms with Crippen molar-refractivity contribution in [3.8, 4) is 0 Å². The Morgan fingerprint density at radius 1 is 1.03 bits per heavy atom. The average molecular weight is 426 g/mol. The second kappa shape index (κ2) is 10.1. The SMILES string of the molecule is Cc1ccc(CNC(=O)c2ccccc2NC(=O)CSc2ccc(Cl)cn2)cc1. The molecule has 0 saturated carbocycles. The summed E-state index contributed by atoms with van der Waals surface area (Å²) in [7, 11) is 0. The van der Waals surface area contributed by atoms with E-state index in [1.807, 2.05) is 31.2 Å². The Morgan fingerprint density at radius 3 is 2.52 bits per heavy atom. The first kappa shape index (κ1) is 20.9. The molecule has 148 valence electrons. The van der Waals surface area contributed by atoms with E-state index in [1.54, 1.807) is 36.4 Å². The van der Waals surface area contributed by atoms with Crippen LogP contribution in [0.3, 0.4) is 0 Å². The van der Waals surface area contributed by atoms with Crippen LogP contribution in [-0.4, -0.2) is 22.6 Å². The third-order valence-corrected chi connectivity index (χ3v) is 5.24. The summed E-state index contributed by atoms with van der Waals surface area (Å²) in [4.78, 5) is 29.1. The predicted molar refractivity (Wildman–Crippen MR) is 117 cm³/mol. The molecule has 0 fully saturated rings. The van der Waals surface area contributed by atoms with Crippen molar-refractivity contribution in [3.63, 3.8) is 0 Å². The van der Waals surface area contributed by atoms with Crippen LogP contribution in [0.2, 0.25) is 5.02 Å². The Morgan fingerprint density at radius 2 is 1.79 bits per heavy atom. The fraction of sp³-hybridized carbons (Fsp3) is 0.136. The number of aromatic nitrogens is 1. The molecule has 29 heavy (non-hydrogen) atoms. The fourth-order valence-electron chi connectivity index (χ4n) is 2.55. The van der Waals surface area contributed by atoms with Crippen molar-refractivity contribution in [2.75, 3.05) is 11.1 Å². The number of rotatable bonds is 7. The molecule has 3 aromatic rings. The maximum absolute atomic E-state index is 12.6. The number of thioether (sulfide) groups is 1. The van der Waals surface area contributed by atoms with Gasteiger partial charge in [0.1, 0.15) is 0 Å². The number of hydrogen-bond donors (Lipinski definition) is 2. The molecule has 0 aliphatic rings. The first-order valence-electron chi connectivity index (χ1n) is 8.98. The van der Waals surface area contributed by atoms with Gasteiger partial charge in [0.15, 0.2) is 0 Å². The highest BCUT2D eigenvalue weighted by molar-refractivity contribution is 7.99. The van der Waals surface area contributed by atoms with E-state index in [2.05, 4.69) is 15.6 Å². The van der Waals surface area contributed by atoms with E-state index in [0.717, 1.165) is 5.56 Å². The zero-order chi connectivity index (χ0) is 20.6. The van der Waals surface area contributed by atoms with Crippen LogP contribution in [-0.2, 0) is 11.3 Å². The molecular weight excluding hydrogens is 406 g/mol. The van der Waals surface area contributed by atoms with Gasteiger partial charge >= 0.3 is 0 Å². The summed E-state index contributed by atoms with van der Waals surface area (Å²) < 4.78 is 0. The van der Waals surface area contributed by atoms with Gasteiger partial charge in [-0.3, -0.25) is 9.59 Å². The molecule has 0 bridgehead atoms. The number of halogens is 1. The first-order valence-corrected chi connectivity index (χ1v) is 10.3. The van der Waals surface area contributed by atoms with Gasteiger partial charge in [-0.15, -0.1) is 0 Å². The molecule has 0 aliphatic heterocycles. The van der Waals surface area contributed by atoms with Crippen molar-refractivity contribution in [1.82, 2.24) is 10.3 Å². The number of anilines is 1. The minimum absolute atomic E-state index is 0.175. The van der Waals surface area contributed by atoms with Crippen molar-refractivity contribution >= 4 is 40.9 Å². The van der Waals surface area contributed by atoms with E-state index in [1.165, 1.54) is 23.5 Å². The molecule has 3 rings (SSSR count).